The van der Waals surface area contributed by atoms with Crippen LogP contribution in [0.25, 0.3) is 11.1 Å². The molecular formula is C13H14N4O3S. The van der Waals surface area contributed by atoms with E-state index in [0.29, 0.717) is 23.4 Å². The largest absolute Gasteiger partial charge is 0.439 e. The van der Waals surface area contributed by atoms with Crippen molar-refractivity contribution >= 4 is 20.9 Å². The Morgan fingerprint density at radius 1 is 1.43 bits per heavy atom. The Hall–Kier alpha value is -2.19. The summed E-state index contributed by atoms with van der Waals surface area (Å²) in [6, 6.07) is 4.14. The number of imidazole rings is 1. The van der Waals surface area contributed by atoms with Crippen molar-refractivity contribution in [3.05, 3.63) is 42.3 Å². The molecule has 1 atom stereocenters. The van der Waals surface area contributed by atoms with Crippen LogP contribution >= 0.6 is 0 Å². The molecule has 3 aromatic rings. The van der Waals surface area contributed by atoms with Gasteiger partial charge in [-0.15, -0.1) is 0 Å². The molecule has 2 aromatic heterocycles. The predicted octanol–water partition coefficient (Wildman–Crippen LogP) is 1.20. The van der Waals surface area contributed by atoms with Gasteiger partial charge in [0.05, 0.1) is 17.3 Å². The van der Waals surface area contributed by atoms with Crippen molar-refractivity contribution in [2.45, 2.75) is 17.4 Å². The van der Waals surface area contributed by atoms with Gasteiger partial charge in [-0.25, -0.2) is 18.4 Å². The third-order valence-corrected chi connectivity index (χ3v) is 4.23. The summed E-state index contributed by atoms with van der Waals surface area (Å²) in [6.07, 6.45) is 4.92. The summed E-state index contributed by atoms with van der Waals surface area (Å²) in [7, 11) is -3.27. The molecular weight excluding hydrogens is 292 g/mol. The Labute approximate surface area is 121 Å². The van der Waals surface area contributed by atoms with E-state index in [-0.39, 0.29) is 4.90 Å². The summed E-state index contributed by atoms with van der Waals surface area (Å²) >= 11 is 0. The zero-order valence-electron chi connectivity index (χ0n) is 11.3. The van der Waals surface area contributed by atoms with Gasteiger partial charge < -0.3 is 15.1 Å². The number of H-pyrrole nitrogens is 1. The summed E-state index contributed by atoms with van der Waals surface area (Å²) < 4.78 is 28.7. The number of aromatic amines is 1. The van der Waals surface area contributed by atoms with E-state index in [1.807, 2.05) is 0 Å². The lowest BCUT2D eigenvalue weighted by Crippen LogP contribution is -2.13. The first-order valence-electron chi connectivity index (χ1n) is 6.27. The standard InChI is InChI=1S/C13H14N4O3S/c1-21(18,19)9-2-3-12-11(5-9)17-13(20-12)10(14)4-8-6-15-7-16-8/h2-3,5-7,10H,4,14H2,1H3,(H,15,16). The normalized spacial score (nSPS) is 13.6. The van der Waals surface area contributed by atoms with Crippen molar-refractivity contribution in [3.63, 3.8) is 0 Å². The molecule has 8 heteroatoms. The fraction of sp³-hybridized carbons (Fsp3) is 0.231. The van der Waals surface area contributed by atoms with Crippen molar-refractivity contribution in [3.8, 4) is 0 Å². The summed E-state index contributed by atoms with van der Waals surface area (Å²) in [5.41, 5.74) is 7.92. The molecule has 0 amide bonds. The lowest BCUT2D eigenvalue weighted by molar-refractivity contribution is 0.472. The Bertz CT molecular complexity index is 868. The lowest BCUT2D eigenvalue weighted by Gasteiger charge is -2.04. The van der Waals surface area contributed by atoms with E-state index >= 15 is 0 Å². The third kappa shape index (κ3) is 2.81. The fourth-order valence-electron chi connectivity index (χ4n) is 2.03. The van der Waals surface area contributed by atoms with Crippen LogP contribution in [0.4, 0.5) is 0 Å². The molecule has 1 aromatic carbocycles. The van der Waals surface area contributed by atoms with Crippen LogP contribution in [0.5, 0.6) is 0 Å². The van der Waals surface area contributed by atoms with Crippen LogP contribution in [0.3, 0.4) is 0 Å². The second kappa shape index (κ2) is 4.97. The number of benzene rings is 1. The highest BCUT2D eigenvalue weighted by molar-refractivity contribution is 7.90. The summed E-state index contributed by atoms with van der Waals surface area (Å²) in [5.74, 6) is 0.366. The Morgan fingerprint density at radius 3 is 2.90 bits per heavy atom. The molecule has 3 N–H and O–H groups in total. The van der Waals surface area contributed by atoms with Gasteiger partial charge in [0.2, 0.25) is 5.89 Å². The van der Waals surface area contributed by atoms with E-state index in [0.717, 1.165) is 11.9 Å². The van der Waals surface area contributed by atoms with Gasteiger partial charge in [-0.1, -0.05) is 0 Å². The average Bonchev–Trinajstić information content (AvgIpc) is 3.04. The van der Waals surface area contributed by atoms with Gasteiger partial charge >= 0.3 is 0 Å². The van der Waals surface area contributed by atoms with Gasteiger partial charge in [-0.3, -0.25) is 0 Å². The maximum Gasteiger partial charge on any atom is 0.212 e. The van der Waals surface area contributed by atoms with Gasteiger partial charge in [0, 0.05) is 24.6 Å². The lowest BCUT2D eigenvalue weighted by atomic mass is 10.2. The van der Waals surface area contributed by atoms with Gasteiger partial charge in [0.1, 0.15) is 5.52 Å². The molecule has 1 unspecified atom stereocenters. The molecule has 110 valence electrons. The molecule has 0 radical (unpaired) electrons. The Kier molecular flexibility index (Phi) is 3.26. The number of nitrogens with one attached hydrogen (secondary N) is 1. The minimum Gasteiger partial charge on any atom is -0.439 e. The fourth-order valence-corrected chi connectivity index (χ4v) is 2.68. The number of sulfone groups is 1. The second-order valence-corrected chi connectivity index (χ2v) is 6.86. The molecule has 0 saturated carbocycles. The van der Waals surface area contributed by atoms with Crippen LogP contribution in [0.2, 0.25) is 0 Å². The molecule has 0 fully saturated rings. The number of rotatable bonds is 4. The summed E-state index contributed by atoms with van der Waals surface area (Å²) in [6.45, 7) is 0. The van der Waals surface area contributed by atoms with Gasteiger partial charge in [0.25, 0.3) is 0 Å². The van der Waals surface area contributed by atoms with Crippen LogP contribution in [-0.2, 0) is 16.3 Å². The number of fused-ring (bicyclic) bond motifs is 1. The first kappa shape index (κ1) is 13.8. The highest BCUT2D eigenvalue weighted by atomic mass is 32.2. The van der Waals surface area contributed by atoms with Gasteiger partial charge in [-0.2, -0.15) is 0 Å². The molecule has 0 aliphatic carbocycles. The molecule has 0 aliphatic rings. The molecule has 0 saturated heterocycles. The number of nitrogens with zero attached hydrogens (tertiary/aromatic N) is 2. The molecule has 7 nitrogen and oxygen atoms in total. The van der Waals surface area contributed by atoms with Crippen LogP contribution in [0.1, 0.15) is 17.6 Å². The summed E-state index contributed by atoms with van der Waals surface area (Å²) in [5, 5.41) is 0. The Balaban J connectivity index is 1.93. The van der Waals surface area contributed by atoms with Crippen molar-refractivity contribution in [2.24, 2.45) is 5.73 Å². The van der Waals surface area contributed by atoms with Crippen molar-refractivity contribution in [1.82, 2.24) is 15.0 Å². The van der Waals surface area contributed by atoms with Crippen LogP contribution in [-0.4, -0.2) is 29.6 Å². The zero-order chi connectivity index (χ0) is 15.0. The average molecular weight is 306 g/mol. The Morgan fingerprint density at radius 2 is 2.24 bits per heavy atom. The van der Waals surface area contributed by atoms with E-state index < -0.39 is 15.9 Å². The van der Waals surface area contributed by atoms with E-state index in [4.69, 9.17) is 10.2 Å². The van der Waals surface area contributed by atoms with Gasteiger partial charge in [0.15, 0.2) is 15.4 Å². The minimum atomic E-state index is -3.27. The number of nitrogens with two attached hydrogens (primary N) is 1. The molecule has 0 spiro atoms. The predicted molar refractivity (Wildman–Crippen MR) is 76.3 cm³/mol. The molecule has 0 bridgehead atoms. The maximum absolute atomic E-state index is 11.5. The van der Waals surface area contributed by atoms with Crippen LogP contribution < -0.4 is 5.73 Å². The van der Waals surface area contributed by atoms with Crippen LogP contribution in [0.15, 0.2) is 40.0 Å². The van der Waals surface area contributed by atoms with E-state index in [1.165, 1.54) is 12.1 Å². The summed E-state index contributed by atoms with van der Waals surface area (Å²) in [4.78, 5) is 11.4. The van der Waals surface area contributed by atoms with Crippen molar-refractivity contribution in [2.75, 3.05) is 6.26 Å². The van der Waals surface area contributed by atoms with Gasteiger partial charge in [-0.05, 0) is 18.2 Å². The SMILES string of the molecule is CS(=O)(=O)c1ccc2oc(C(N)Cc3cnc[nH]3)nc2c1. The molecule has 0 aliphatic heterocycles. The third-order valence-electron chi connectivity index (χ3n) is 3.12. The first-order chi connectivity index (χ1) is 9.93. The monoisotopic (exact) mass is 306 g/mol. The van der Waals surface area contributed by atoms with E-state index in [1.54, 1.807) is 18.6 Å². The molecule has 3 rings (SSSR count). The molecule has 2 heterocycles. The van der Waals surface area contributed by atoms with Crippen molar-refractivity contribution in [1.29, 1.82) is 0 Å². The number of hydrogen-bond donors (Lipinski definition) is 2. The van der Waals surface area contributed by atoms with E-state index in [2.05, 4.69) is 15.0 Å². The topological polar surface area (TPSA) is 115 Å². The maximum atomic E-state index is 11.5. The van der Waals surface area contributed by atoms with Crippen molar-refractivity contribution < 1.29 is 12.8 Å². The highest BCUT2D eigenvalue weighted by Crippen LogP contribution is 2.23. The minimum absolute atomic E-state index is 0.206. The smallest absolute Gasteiger partial charge is 0.212 e. The van der Waals surface area contributed by atoms with Crippen LogP contribution in [0, 0.1) is 0 Å². The quantitative estimate of drug-likeness (QED) is 0.748. The number of aromatic nitrogens is 3. The zero-order valence-corrected chi connectivity index (χ0v) is 12.1. The molecule has 21 heavy (non-hydrogen) atoms. The first-order valence-corrected chi connectivity index (χ1v) is 8.16. The highest BCUT2D eigenvalue weighted by Gasteiger charge is 2.17. The number of hydrogen-bond acceptors (Lipinski definition) is 6. The van der Waals surface area contributed by atoms with E-state index in [9.17, 15) is 8.42 Å². The number of oxazole rings is 1. The second-order valence-electron chi connectivity index (χ2n) is 4.84.